The zero-order valence-corrected chi connectivity index (χ0v) is 17.5. The first-order chi connectivity index (χ1) is 14.5. The fourth-order valence-electron chi connectivity index (χ4n) is 3.90. The largest absolute Gasteiger partial charge is 0.481 e. The van der Waals surface area contributed by atoms with Gasteiger partial charge in [0.15, 0.2) is 0 Å². The van der Waals surface area contributed by atoms with Gasteiger partial charge >= 0.3 is 5.97 Å². The Morgan fingerprint density at radius 1 is 1.23 bits per heavy atom. The van der Waals surface area contributed by atoms with E-state index in [1.807, 2.05) is 24.0 Å². The Balaban J connectivity index is 1.66. The SMILES string of the molecule is CCCN1Cc2c(Nc3ccc(Cl)cc3)nc(N3CCC(C(=O)O)CC3)nc2C1=O. The maximum Gasteiger partial charge on any atom is 0.306 e. The van der Waals surface area contributed by atoms with E-state index >= 15 is 0 Å². The van der Waals surface area contributed by atoms with Gasteiger partial charge in [0, 0.05) is 35.9 Å². The van der Waals surface area contributed by atoms with Crippen molar-refractivity contribution in [3.05, 3.63) is 40.5 Å². The second kappa shape index (κ2) is 8.47. The first kappa shape index (κ1) is 20.4. The van der Waals surface area contributed by atoms with Crippen LogP contribution < -0.4 is 10.2 Å². The molecule has 2 aliphatic heterocycles. The monoisotopic (exact) mass is 429 g/mol. The number of carbonyl (C=O) groups is 2. The van der Waals surface area contributed by atoms with Crippen molar-refractivity contribution in [1.29, 1.82) is 0 Å². The zero-order valence-electron chi connectivity index (χ0n) is 16.8. The summed E-state index contributed by atoms with van der Waals surface area (Å²) >= 11 is 5.99. The van der Waals surface area contributed by atoms with Gasteiger partial charge in [0.1, 0.15) is 11.5 Å². The average Bonchev–Trinajstić information content (AvgIpc) is 3.06. The number of benzene rings is 1. The molecule has 1 aromatic heterocycles. The molecular weight excluding hydrogens is 406 g/mol. The van der Waals surface area contributed by atoms with E-state index in [0.29, 0.717) is 61.5 Å². The Hall–Kier alpha value is -2.87. The van der Waals surface area contributed by atoms with E-state index in [0.717, 1.165) is 17.7 Å². The highest BCUT2D eigenvalue weighted by Gasteiger charge is 2.34. The van der Waals surface area contributed by atoms with Crippen LogP contribution in [0, 0.1) is 5.92 Å². The Kier molecular flexibility index (Phi) is 5.76. The van der Waals surface area contributed by atoms with Gasteiger partial charge in [-0.25, -0.2) is 4.98 Å². The lowest BCUT2D eigenvalue weighted by Gasteiger charge is -2.30. The predicted molar refractivity (Wildman–Crippen MR) is 114 cm³/mol. The molecule has 1 saturated heterocycles. The third-order valence-corrected chi connectivity index (χ3v) is 5.81. The van der Waals surface area contributed by atoms with Crippen molar-refractivity contribution in [2.24, 2.45) is 5.92 Å². The van der Waals surface area contributed by atoms with E-state index in [9.17, 15) is 14.7 Å². The molecule has 4 rings (SSSR count). The molecule has 0 bridgehead atoms. The van der Waals surface area contributed by atoms with Crippen molar-refractivity contribution in [1.82, 2.24) is 14.9 Å². The third-order valence-electron chi connectivity index (χ3n) is 5.56. The van der Waals surface area contributed by atoms with Crippen LogP contribution in [0.5, 0.6) is 0 Å². The van der Waals surface area contributed by atoms with Crippen LogP contribution in [0.1, 0.15) is 42.2 Å². The Bertz CT molecular complexity index is 958. The Morgan fingerprint density at radius 2 is 1.93 bits per heavy atom. The second-order valence-electron chi connectivity index (χ2n) is 7.66. The number of nitrogens with one attached hydrogen (secondary N) is 1. The van der Waals surface area contributed by atoms with E-state index in [4.69, 9.17) is 16.6 Å². The molecule has 1 fully saturated rings. The number of hydrogen-bond acceptors (Lipinski definition) is 6. The van der Waals surface area contributed by atoms with Crippen LogP contribution in [0.3, 0.4) is 0 Å². The normalized spacial score (nSPS) is 16.7. The first-order valence-electron chi connectivity index (χ1n) is 10.2. The molecule has 0 radical (unpaired) electrons. The summed E-state index contributed by atoms with van der Waals surface area (Å²) in [6.45, 7) is 4.26. The fraction of sp³-hybridized carbons (Fsp3) is 0.429. The number of carboxylic acid groups (broad SMARTS) is 1. The summed E-state index contributed by atoms with van der Waals surface area (Å²) in [5.41, 5.74) is 2.02. The lowest BCUT2D eigenvalue weighted by atomic mass is 9.97. The smallest absolute Gasteiger partial charge is 0.306 e. The number of rotatable bonds is 6. The summed E-state index contributed by atoms with van der Waals surface area (Å²) in [7, 11) is 0. The van der Waals surface area contributed by atoms with Gasteiger partial charge in [-0.05, 0) is 43.5 Å². The number of carbonyl (C=O) groups excluding carboxylic acids is 1. The van der Waals surface area contributed by atoms with Gasteiger partial charge in [-0.2, -0.15) is 4.98 Å². The van der Waals surface area contributed by atoms with Crippen LogP contribution in [0.4, 0.5) is 17.5 Å². The van der Waals surface area contributed by atoms with Crippen molar-refractivity contribution in [2.75, 3.05) is 29.9 Å². The van der Waals surface area contributed by atoms with E-state index in [1.54, 1.807) is 17.0 Å². The summed E-state index contributed by atoms with van der Waals surface area (Å²) < 4.78 is 0. The summed E-state index contributed by atoms with van der Waals surface area (Å²) in [4.78, 5) is 37.2. The predicted octanol–water partition coefficient (Wildman–Crippen LogP) is 3.54. The summed E-state index contributed by atoms with van der Waals surface area (Å²) in [6, 6.07) is 7.29. The van der Waals surface area contributed by atoms with Crippen molar-refractivity contribution in [2.45, 2.75) is 32.7 Å². The number of fused-ring (bicyclic) bond motifs is 1. The topological polar surface area (TPSA) is 98.7 Å². The number of hydrogen-bond donors (Lipinski definition) is 2. The van der Waals surface area contributed by atoms with Crippen LogP contribution in [0.2, 0.25) is 5.02 Å². The molecule has 2 aliphatic rings. The minimum absolute atomic E-state index is 0.0879. The number of nitrogens with zero attached hydrogens (tertiary/aromatic N) is 4. The molecule has 2 aromatic rings. The van der Waals surface area contributed by atoms with Gasteiger partial charge < -0.3 is 20.2 Å². The zero-order chi connectivity index (χ0) is 21.3. The highest BCUT2D eigenvalue weighted by atomic mass is 35.5. The minimum atomic E-state index is -0.764. The fourth-order valence-corrected chi connectivity index (χ4v) is 4.03. The van der Waals surface area contributed by atoms with Crippen molar-refractivity contribution in [3.63, 3.8) is 0 Å². The number of amides is 1. The molecule has 8 nitrogen and oxygen atoms in total. The lowest BCUT2D eigenvalue weighted by Crippen LogP contribution is -2.37. The van der Waals surface area contributed by atoms with Crippen LogP contribution in [0.25, 0.3) is 0 Å². The number of aliphatic carboxylic acids is 1. The number of aromatic nitrogens is 2. The van der Waals surface area contributed by atoms with Crippen LogP contribution in [-0.4, -0.2) is 51.5 Å². The summed E-state index contributed by atoms with van der Waals surface area (Å²) in [6.07, 6.45) is 1.93. The minimum Gasteiger partial charge on any atom is -0.481 e. The van der Waals surface area contributed by atoms with Gasteiger partial charge in [0.25, 0.3) is 5.91 Å². The molecule has 3 heterocycles. The van der Waals surface area contributed by atoms with E-state index in [-0.39, 0.29) is 11.8 Å². The van der Waals surface area contributed by atoms with Crippen LogP contribution in [-0.2, 0) is 11.3 Å². The van der Waals surface area contributed by atoms with Crippen LogP contribution in [0.15, 0.2) is 24.3 Å². The van der Waals surface area contributed by atoms with Crippen LogP contribution >= 0.6 is 11.6 Å². The summed E-state index contributed by atoms with van der Waals surface area (Å²) in [5, 5.41) is 13.2. The molecule has 0 saturated carbocycles. The summed E-state index contributed by atoms with van der Waals surface area (Å²) in [5.74, 6) is -0.135. The standard InChI is InChI=1S/C21H24ClN5O3/c1-2-9-27-12-16-17(19(27)28)24-21(26-10-7-13(8-11-26)20(29)30)25-18(16)23-15-5-3-14(22)4-6-15/h3-6,13H,2,7-12H2,1H3,(H,29,30)(H,23,24,25). The van der Waals surface area contributed by atoms with E-state index in [2.05, 4.69) is 10.3 Å². The Morgan fingerprint density at radius 3 is 2.57 bits per heavy atom. The molecule has 2 N–H and O–H groups in total. The lowest BCUT2D eigenvalue weighted by molar-refractivity contribution is -0.142. The third kappa shape index (κ3) is 4.05. The number of piperidine rings is 1. The molecule has 30 heavy (non-hydrogen) atoms. The van der Waals surface area contributed by atoms with Crippen molar-refractivity contribution < 1.29 is 14.7 Å². The molecule has 9 heteroatoms. The maximum atomic E-state index is 12.9. The molecule has 0 atom stereocenters. The molecule has 0 spiro atoms. The molecule has 1 aromatic carbocycles. The second-order valence-corrected chi connectivity index (χ2v) is 8.09. The quantitative estimate of drug-likeness (QED) is 0.724. The highest BCUT2D eigenvalue weighted by Crippen LogP contribution is 2.32. The molecular formula is C21H24ClN5O3. The Labute approximate surface area is 179 Å². The van der Waals surface area contributed by atoms with Gasteiger partial charge in [-0.15, -0.1) is 0 Å². The number of anilines is 3. The maximum absolute atomic E-state index is 12.9. The van der Waals surface area contributed by atoms with Crippen molar-refractivity contribution >= 4 is 40.9 Å². The van der Waals surface area contributed by atoms with Gasteiger partial charge in [-0.3, -0.25) is 9.59 Å². The molecule has 0 aliphatic carbocycles. The number of carboxylic acids is 1. The van der Waals surface area contributed by atoms with Gasteiger partial charge in [0.05, 0.1) is 12.5 Å². The number of halogens is 1. The molecule has 158 valence electrons. The first-order valence-corrected chi connectivity index (χ1v) is 10.5. The van der Waals surface area contributed by atoms with E-state index in [1.165, 1.54) is 0 Å². The average molecular weight is 430 g/mol. The van der Waals surface area contributed by atoms with Gasteiger partial charge in [-0.1, -0.05) is 18.5 Å². The molecule has 0 unspecified atom stereocenters. The van der Waals surface area contributed by atoms with E-state index < -0.39 is 5.97 Å². The van der Waals surface area contributed by atoms with Gasteiger partial charge in [0.2, 0.25) is 5.95 Å². The highest BCUT2D eigenvalue weighted by molar-refractivity contribution is 6.30. The van der Waals surface area contributed by atoms with Crippen molar-refractivity contribution in [3.8, 4) is 0 Å². The molecule has 1 amide bonds.